The van der Waals surface area contributed by atoms with Crippen molar-refractivity contribution in [1.82, 2.24) is 4.90 Å². The molecule has 0 saturated carbocycles. The van der Waals surface area contributed by atoms with Gasteiger partial charge in [-0.05, 0) is 25.7 Å². The van der Waals surface area contributed by atoms with Crippen LogP contribution in [0.3, 0.4) is 0 Å². The van der Waals surface area contributed by atoms with Gasteiger partial charge in [-0.15, -0.1) is 0 Å². The summed E-state index contributed by atoms with van der Waals surface area (Å²) in [6.45, 7) is 3.15. The standard InChI is InChI=1S/C16H25NO3/c1-19-16(18)14-8-6-4-2-3-5-7-9-15(14)17-10-12-20-13-11-17/h8-9H,2-7,10-13H2,1H3/b14-8+,15-9+. The second-order valence-corrected chi connectivity index (χ2v) is 5.29. The Labute approximate surface area is 121 Å². The van der Waals surface area contributed by atoms with E-state index in [1.165, 1.54) is 26.4 Å². The number of methoxy groups -OCH3 is 1. The molecule has 0 aromatic rings. The molecule has 4 nitrogen and oxygen atoms in total. The maximum absolute atomic E-state index is 12.1. The molecule has 0 aromatic heterocycles. The highest BCUT2D eigenvalue weighted by atomic mass is 16.5. The van der Waals surface area contributed by atoms with Crippen LogP contribution in [-0.2, 0) is 14.3 Å². The van der Waals surface area contributed by atoms with Gasteiger partial charge < -0.3 is 14.4 Å². The van der Waals surface area contributed by atoms with E-state index in [2.05, 4.69) is 17.1 Å². The van der Waals surface area contributed by atoms with Gasteiger partial charge >= 0.3 is 5.97 Å². The summed E-state index contributed by atoms with van der Waals surface area (Å²) in [5.74, 6) is -0.219. The Balaban J connectivity index is 2.23. The lowest BCUT2D eigenvalue weighted by molar-refractivity contribution is -0.136. The van der Waals surface area contributed by atoms with Crippen molar-refractivity contribution in [2.24, 2.45) is 0 Å². The zero-order chi connectivity index (χ0) is 14.2. The normalized spacial score (nSPS) is 26.9. The Morgan fingerprint density at radius 2 is 1.75 bits per heavy atom. The number of hydrogen-bond acceptors (Lipinski definition) is 4. The van der Waals surface area contributed by atoms with E-state index in [4.69, 9.17) is 9.47 Å². The van der Waals surface area contributed by atoms with Gasteiger partial charge in [-0.25, -0.2) is 4.79 Å². The van der Waals surface area contributed by atoms with Crippen LogP contribution in [0.1, 0.15) is 38.5 Å². The van der Waals surface area contributed by atoms with Crippen molar-refractivity contribution in [2.45, 2.75) is 38.5 Å². The van der Waals surface area contributed by atoms with Crippen LogP contribution in [0, 0.1) is 0 Å². The number of allylic oxidation sites excluding steroid dienone is 2. The average molecular weight is 279 g/mol. The molecule has 1 fully saturated rings. The van der Waals surface area contributed by atoms with Gasteiger partial charge in [-0.1, -0.05) is 25.0 Å². The van der Waals surface area contributed by atoms with Crippen LogP contribution in [0.15, 0.2) is 23.4 Å². The largest absolute Gasteiger partial charge is 0.465 e. The summed E-state index contributed by atoms with van der Waals surface area (Å²) in [6, 6.07) is 0. The molecule has 0 N–H and O–H groups in total. The summed E-state index contributed by atoms with van der Waals surface area (Å²) < 4.78 is 10.4. The van der Waals surface area contributed by atoms with Gasteiger partial charge in [0.1, 0.15) is 0 Å². The first-order valence-electron chi connectivity index (χ1n) is 7.64. The van der Waals surface area contributed by atoms with Gasteiger partial charge in [0.2, 0.25) is 0 Å². The van der Waals surface area contributed by atoms with Crippen LogP contribution in [0.2, 0.25) is 0 Å². The van der Waals surface area contributed by atoms with Crippen molar-refractivity contribution < 1.29 is 14.3 Å². The van der Waals surface area contributed by atoms with Crippen LogP contribution in [0.25, 0.3) is 0 Å². The molecule has 4 heteroatoms. The molecule has 2 rings (SSSR count). The van der Waals surface area contributed by atoms with Gasteiger partial charge in [0.05, 0.1) is 25.9 Å². The molecule has 0 aromatic carbocycles. The van der Waals surface area contributed by atoms with Crippen molar-refractivity contribution in [2.75, 3.05) is 33.4 Å². The highest BCUT2D eigenvalue weighted by Gasteiger charge is 2.22. The molecule has 2 aliphatic rings. The number of ether oxygens (including phenoxy) is 2. The average Bonchev–Trinajstić information content (AvgIpc) is 2.52. The van der Waals surface area contributed by atoms with E-state index in [0.29, 0.717) is 0 Å². The molecule has 0 amide bonds. The zero-order valence-electron chi connectivity index (χ0n) is 12.4. The fraction of sp³-hybridized carbons (Fsp3) is 0.688. The smallest absolute Gasteiger partial charge is 0.339 e. The number of morpholine rings is 1. The molecular weight excluding hydrogens is 254 g/mol. The molecule has 0 unspecified atom stereocenters. The SMILES string of the molecule is COC(=O)C1=C/CCCCCC/C=C\1N1CCOCC1. The lowest BCUT2D eigenvalue weighted by Gasteiger charge is -2.32. The van der Waals surface area contributed by atoms with E-state index in [-0.39, 0.29) is 5.97 Å². The molecule has 1 saturated heterocycles. The lowest BCUT2D eigenvalue weighted by atomic mass is 10.0. The number of hydrogen-bond donors (Lipinski definition) is 0. The third-order valence-electron chi connectivity index (χ3n) is 3.88. The van der Waals surface area contributed by atoms with Crippen LogP contribution >= 0.6 is 0 Å². The number of rotatable bonds is 2. The number of esters is 1. The van der Waals surface area contributed by atoms with E-state index >= 15 is 0 Å². The second kappa shape index (κ2) is 8.10. The Morgan fingerprint density at radius 3 is 2.40 bits per heavy atom. The van der Waals surface area contributed by atoms with Crippen molar-refractivity contribution in [3.05, 3.63) is 23.4 Å². The van der Waals surface area contributed by atoms with Gasteiger partial charge in [-0.3, -0.25) is 0 Å². The molecule has 0 atom stereocenters. The minimum absolute atomic E-state index is 0.219. The Morgan fingerprint density at radius 1 is 1.10 bits per heavy atom. The third-order valence-corrected chi connectivity index (χ3v) is 3.88. The van der Waals surface area contributed by atoms with Crippen LogP contribution in [-0.4, -0.2) is 44.3 Å². The molecule has 1 heterocycles. The van der Waals surface area contributed by atoms with Gasteiger partial charge in [0.25, 0.3) is 0 Å². The summed E-state index contributed by atoms with van der Waals surface area (Å²) >= 11 is 0. The first-order chi connectivity index (χ1) is 9.83. The predicted octanol–water partition coefficient (Wildman–Crippen LogP) is 2.66. The lowest BCUT2D eigenvalue weighted by Crippen LogP contribution is -2.37. The monoisotopic (exact) mass is 279 g/mol. The minimum atomic E-state index is -0.219. The number of carbonyl (C=O) groups is 1. The van der Waals surface area contributed by atoms with Gasteiger partial charge in [0.15, 0.2) is 0 Å². The number of nitrogens with zero attached hydrogens (tertiary/aromatic N) is 1. The molecule has 112 valence electrons. The molecule has 0 spiro atoms. The Hall–Kier alpha value is -1.29. The fourth-order valence-electron chi connectivity index (χ4n) is 2.74. The van der Waals surface area contributed by atoms with Crippen LogP contribution < -0.4 is 0 Å². The predicted molar refractivity (Wildman–Crippen MR) is 78.3 cm³/mol. The fourth-order valence-corrected chi connectivity index (χ4v) is 2.74. The summed E-state index contributed by atoms with van der Waals surface area (Å²) in [5, 5.41) is 0. The summed E-state index contributed by atoms with van der Waals surface area (Å²) in [6.07, 6.45) is 11.1. The van der Waals surface area contributed by atoms with E-state index in [9.17, 15) is 4.79 Å². The molecule has 1 aliphatic heterocycles. The van der Waals surface area contributed by atoms with E-state index in [0.717, 1.165) is 56.8 Å². The van der Waals surface area contributed by atoms with Gasteiger partial charge in [0, 0.05) is 18.8 Å². The van der Waals surface area contributed by atoms with E-state index < -0.39 is 0 Å². The Bertz CT molecular complexity index is 381. The Kier molecular flexibility index (Phi) is 6.12. The molecular formula is C16H25NO3. The van der Waals surface area contributed by atoms with E-state index in [1.807, 2.05) is 0 Å². The van der Waals surface area contributed by atoms with Gasteiger partial charge in [-0.2, -0.15) is 0 Å². The van der Waals surface area contributed by atoms with Crippen molar-refractivity contribution >= 4 is 5.97 Å². The third kappa shape index (κ3) is 4.10. The maximum atomic E-state index is 12.1. The molecule has 1 aliphatic carbocycles. The van der Waals surface area contributed by atoms with Crippen molar-refractivity contribution in [3.63, 3.8) is 0 Å². The maximum Gasteiger partial charge on any atom is 0.339 e. The summed E-state index contributed by atoms with van der Waals surface area (Å²) in [5.41, 5.74) is 1.78. The quantitative estimate of drug-likeness (QED) is 0.728. The van der Waals surface area contributed by atoms with Crippen molar-refractivity contribution in [1.29, 1.82) is 0 Å². The van der Waals surface area contributed by atoms with Crippen LogP contribution in [0.5, 0.6) is 0 Å². The minimum Gasteiger partial charge on any atom is -0.465 e. The van der Waals surface area contributed by atoms with Crippen molar-refractivity contribution in [3.8, 4) is 0 Å². The first kappa shape index (κ1) is 15.1. The topological polar surface area (TPSA) is 38.8 Å². The summed E-state index contributed by atoms with van der Waals surface area (Å²) in [4.78, 5) is 14.4. The second-order valence-electron chi connectivity index (χ2n) is 5.29. The summed E-state index contributed by atoms with van der Waals surface area (Å²) in [7, 11) is 1.46. The number of carbonyl (C=O) groups excluding carboxylic acids is 1. The highest BCUT2D eigenvalue weighted by molar-refractivity contribution is 5.93. The molecule has 0 bridgehead atoms. The molecule has 0 radical (unpaired) electrons. The highest BCUT2D eigenvalue weighted by Crippen LogP contribution is 2.23. The van der Waals surface area contributed by atoms with E-state index in [1.54, 1.807) is 0 Å². The molecule has 20 heavy (non-hydrogen) atoms. The first-order valence-corrected chi connectivity index (χ1v) is 7.64. The van der Waals surface area contributed by atoms with Crippen LogP contribution in [0.4, 0.5) is 0 Å². The zero-order valence-corrected chi connectivity index (χ0v) is 12.4.